The van der Waals surface area contributed by atoms with Crippen molar-refractivity contribution < 1.29 is 9.53 Å². The highest BCUT2D eigenvalue weighted by molar-refractivity contribution is 6.08. The first kappa shape index (κ1) is 20.8. The number of amides is 1. The summed E-state index contributed by atoms with van der Waals surface area (Å²) in [5, 5.41) is 0. The number of carbonyl (C=O) groups is 1. The summed E-state index contributed by atoms with van der Waals surface area (Å²) in [7, 11) is 1.77. The molecule has 1 aromatic carbocycles. The second-order valence-electron chi connectivity index (χ2n) is 7.62. The van der Waals surface area contributed by atoms with E-state index in [1.807, 2.05) is 43.3 Å². The van der Waals surface area contributed by atoms with Crippen molar-refractivity contribution in [1.82, 2.24) is 9.97 Å². The molecule has 1 atom stereocenters. The van der Waals surface area contributed by atoms with Gasteiger partial charge >= 0.3 is 0 Å². The third-order valence-corrected chi connectivity index (χ3v) is 6.04. The van der Waals surface area contributed by atoms with Gasteiger partial charge in [0.05, 0.1) is 19.4 Å². The first-order valence-electron chi connectivity index (χ1n) is 10.4. The zero-order chi connectivity index (χ0) is 22.0. The monoisotopic (exact) mass is 417 g/mol. The number of rotatable bonds is 5. The summed E-state index contributed by atoms with van der Waals surface area (Å²) < 4.78 is 5.71. The molecule has 1 fully saturated rings. The highest BCUT2D eigenvalue weighted by Crippen LogP contribution is 2.42. The van der Waals surface area contributed by atoms with E-state index in [4.69, 9.17) is 15.5 Å². The van der Waals surface area contributed by atoms with E-state index in [-0.39, 0.29) is 5.91 Å². The Labute approximate surface area is 182 Å². The average molecular weight is 418 g/mol. The number of ether oxygens (including phenoxy) is 1. The SMILES string of the molecule is C=C/C=C(\C(=C/N)c1ccccc1)c1ncc2c(n1)N1CCOC[C@@]1(CC)C(=O)N2C. The maximum Gasteiger partial charge on any atom is 0.255 e. The van der Waals surface area contributed by atoms with Gasteiger partial charge in [0.2, 0.25) is 0 Å². The zero-order valence-electron chi connectivity index (χ0n) is 17.9. The highest BCUT2D eigenvalue weighted by Gasteiger charge is 2.52. The molecule has 1 aromatic heterocycles. The van der Waals surface area contributed by atoms with Gasteiger partial charge in [-0.1, -0.05) is 56.0 Å². The molecule has 1 amide bonds. The molecule has 0 radical (unpaired) electrons. The van der Waals surface area contributed by atoms with Crippen LogP contribution in [0.5, 0.6) is 0 Å². The summed E-state index contributed by atoms with van der Waals surface area (Å²) in [6.07, 6.45) is 7.46. The van der Waals surface area contributed by atoms with Crippen molar-refractivity contribution in [3.05, 3.63) is 72.8 Å². The molecule has 0 spiro atoms. The van der Waals surface area contributed by atoms with Gasteiger partial charge in [0, 0.05) is 30.9 Å². The van der Waals surface area contributed by atoms with Crippen LogP contribution in [-0.4, -0.2) is 48.2 Å². The van der Waals surface area contributed by atoms with Gasteiger partial charge in [-0.05, 0) is 12.0 Å². The van der Waals surface area contributed by atoms with Crippen LogP contribution in [0.2, 0.25) is 0 Å². The maximum atomic E-state index is 13.2. The minimum atomic E-state index is -0.750. The number of fused-ring (bicyclic) bond motifs is 3. The smallest absolute Gasteiger partial charge is 0.255 e. The molecule has 2 aliphatic heterocycles. The number of nitrogens with two attached hydrogens (primary N) is 1. The van der Waals surface area contributed by atoms with Crippen LogP contribution in [-0.2, 0) is 9.53 Å². The fourth-order valence-corrected chi connectivity index (χ4v) is 4.33. The van der Waals surface area contributed by atoms with Crippen molar-refractivity contribution >= 4 is 28.6 Å². The van der Waals surface area contributed by atoms with E-state index in [1.54, 1.807) is 30.4 Å². The van der Waals surface area contributed by atoms with Crippen LogP contribution in [0.25, 0.3) is 11.1 Å². The van der Waals surface area contributed by atoms with Gasteiger partial charge in [0.1, 0.15) is 11.2 Å². The minimum absolute atomic E-state index is 0.00670. The molecule has 2 N–H and O–H groups in total. The second kappa shape index (κ2) is 8.35. The number of likely N-dealkylation sites (N-methyl/N-ethyl adjacent to an activating group) is 1. The molecule has 0 saturated carbocycles. The fourth-order valence-electron chi connectivity index (χ4n) is 4.33. The fraction of sp³-hybridized carbons (Fsp3) is 0.292. The normalized spacial score (nSPS) is 21.5. The Morgan fingerprint density at radius 3 is 2.77 bits per heavy atom. The lowest BCUT2D eigenvalue weighted by molar-refractivity contribution is -0.128. The second-order valence-corrected chi connectivity index (χ2v) is 7.62. The standard InChI is InChI=1S/C24H27N5O2/c1-4-9-18(19(14-25)17-10-7-6-8-11-17)21-26-15-20-22(27-21)29-12-13-31-16-24(29,5-2)23(30)28(20)3/h4,6-11,14-15H,1,5,12-13,16,25H2,2-3H3/b18-9+,19-14-/t24-/m0/s1. The van der Waals surface area contributed by atoms with E-state index in [0.717, 1.165) is 22.5 Å². The molecule has 2 aromatic rings. The van der Waals surface area contributed by atoms with Crippen molar-refractivity contribution in [2.45, 2.75) is 18.9 Å². The van der Waals surface area contributed by atoms with E-state index in [0.29, 0.717) is 37.7 Å². The summed E-state index contributed by atoms with van der Waals surface area (Å²) >= 11 is 0. The van der Waals surface area contributed by atoms with E-state index in [1.165, 1.54) is 0 Å². The first-order valence-corrected chi connectivity index (χ1v) is 10.4. The van der Waals surface area contributed by atoms with Gasteiger partial charge in [0.15, 0.2) is 11.6 Å². The van der Waals surface area contributed by atoms with E-state index < -0.39 is 5.54 Å². The molecular formula is C24H27N5O2. The summed E-state index contributed by atoms with van der Waals surface area (Å²) in [6, 6.07) is 9.86. The lowest BCUT2D eigenvalue weighted by Crippen LogP contribution is -2.68. The Morgan fingerprint density at radius 2 is 2.10 bits per heavy atom. The van der Waals surface area contributed by atoms with Crippen LogP contribution < -0.4 is 15.5 Å². The third-order valence-electron chi connectivity index (χ3n) is 6.04. The summed E-state index contributed by atoms with van der Waals surface area (Å²) in [5.74, 6) is 1.27. The summed E-state index contributed by atoms with van der Waals surface area (Å²) in [6.45, 7) is 7.35. The summed E-state index contributed by atoms with van der Waals surface area (Å²) in [5.41, 5.74) is 8.50. The molecule has 7 nitrogen and oxygen atoms in total. The molecule has 1 saturated heterocycles. The molecule has 31 heavy (non-hydrogen) atoms. The Hall–Kier alpha value is -3.45. The maximum absolute atomic E-state index is 13.2. The molecule has 7 heteroatoms. The Morgan fingerprint density at radius 1 is 1.32 bits per heavy atom. The molecule has 3 heterocycles. The van der Waals surface area contributed by atoms with Gasteiger partial charge in [-0.2, -0.15) is 0 Å². The van der Waals surface area contributed by atoms with Crippen molar-refractivity contribution in [2.24, 2.45) is 5.73 Å². The van der Waals surface area contributed by atoms with Crippen LogP contribution >= 0.6 is 0 Å². The van der Waals surface area contributed by atoms with Crippen LogP contribution in [0.3, 0.4) is 0 Å². The Kier molecular flexibility index (Phi) is 5.61. The number of carbonyl (C=O) groups excluding carboxylic acids is 1. The number of nitrogens with zero attached hydrogens (tertiary/aromatic N) is 4. The number of anilines is 2. The van der Waals surface area contributed by atoms with Gasteiger partial charge in [-0.15, -0.1) is 0 Å². The first-order chi connectivity index (χ1) is 15.1. The average Bonchev–Trinajstić information content (AvgIpc) is 2.82. The topological polar surface area (TPSA) is 84.6 Å². The molecule has 0 aliphatic carbocycles. The quantitative estimate of drug-likeness (QED) is 0.753. The van der Waals surface area contributed by atoms with E-state index in [2.05, 4.69) is 16.5 Å². The van der Waals surface area contributed by atoms with Crippen LogP contribution in [0.1, 0.15) is 24.7 Å². The molecular weight excluding hydrogens is 390 g/mol. The van der Waals surface area contributed by atoms with Gasteiger partial charge in [-0.25, -0.2) is 9.97 Å². The van der Waals surface area contributed by atoms with Crippen molar-refractivity contribution in [3.63, 3.8) is 0 Å². The minimum Gasteiger partial charge on any atom is -0.404 e. The number of morpholine rings is 1. The van der Waals surface area contributed by atoms with E-state index in [9.17, 15) is 4.79 Å². The Bertz CT molecular complexity index is 1060. The van der Waals surface area contributed by atoms with Crippen LogP contribution in [0.4, 0.5) is 11.5 Å². The molecule has 0 bridgehead atoms. The van der Waals surface area contributed by atoms with Crippen molar-refractivity contribution in [2.75, 3.05) is 36.6 Å². The highest BCUT2D eigenvalue weighted by atomic mass is 16.5. The van der Waals surface area contributed by atoms with Gasteiger partial charge in [-0.3, -0.25) is 4.79 Å². The number of hydrogen-bond donors (Lipinski definition) is 1. The molecule has 0 unspecified atom stereocenters. The predicted octanol–water partition coefficient (Wildman–Crippen LogP) is 3.01. The number of benzene rings is 1. The largest absolute Gasteiger partial charge is 0.404 e. The summed E-state index contributed by atoms with van der Waals surface area (Å²) in [4.78, 5) is 26.5. The van der Waals surface area contributed by atoms with Crippen LogP contribution in [0.15, 0.2) is 61.5 Å². The van der Waals surface area contributed by atoms with E-state index >= 15 is 0 Å². The lowest BCUT2D eigenvalue weighted by Gasteiger charge is -2.51. The van der Waals surface area contributed by atoms with Gasteiger partial charge in [0.25, 0.3) is 5.91 Å². The van der Waals surface area contributed by atoms with Gasteiger partial charge < -0.3 is 20.3 Å². The number of allylic oxidation sites excluding steroid dienone is 4. The third kappa shape index (κ3) is 3.31. The number of aromatic nitrogens is 2. The zero-order valence-corrected chi connectivity index (χ0v) is 17.9. The van der Waals surface area contributed by atoms with Crippen molar-refractivity contribution in [3.8, 4) is 0 Å². The lowest BCUT2D eigenvalue weighted by atomic mass is 9.89. The Balaban J connectivity index is 1.86. The van der Waals surface area contributed by atoms with Crippen molar-refractivity contribution in [1.29, 1.82) is 0 Å². The predicted molar refractivity (Wildman–Crippen MR) is 123 cm³/mol. The number of hydrogen-bond acceptors (Lipinski definition) is 6. The molecule has 4 rings (SSSR count). The molecule has 2 aliphatic rings. The molecule has 160 valence electrons. The van der Waals surface area contributed by atoms with Crippen LogP contribution in [0, 0.1) is 0 Å².